The largest absolute Gasteiger partial charge is 0.383 e. The Bertz CT molecular complexity index is 479. The molecule has 0 fully saturated rings. The van der Waals surface area contributed by atoms with Gasteiger partial charge in [0, 0.05) is 11.8 Å². The molecule has 2 rings (SSSR count). The lowest BCUT2D eigenvalue weighted by Gasteiger charge is -2.03. The Kier molecular flexibility index (Phi) is 2.59. The van der Waals surface area contributed by atoms with Crippen LogP contribution in [0.25, 0.3) is 5.82 Å². The van der Waals surface area contributed by atoms with Gasteiger partial charge in [0.15, 0.2) is 5.82 Å². The molecule has 6 heteroatoms. The maximum atomic E-state index is 5.92. The van der Waals surface area contributed by atoms with Crippen molar-refractivity contribution in [3.63, 3.8) is 0 Å². The maximum absolute atomic E-state index is 5.92. The first-order valence-corrected chi connectivity index (χ1v) is 5.61. The van der Waals surface area contributed by atoms with Gasteiger partial charge in [-0.15, -0.1) is 11.8 Å². The van der Waals surface area contributed by atoms with Gasteiger partial charge < -0.3 is 5.73 Å². The second-order valence-electron chi connectivity index (χ2n) is 3.03. The molecule has 0 amide bonds. The zero-order chi connectivity index (χ0) is 10.8. The second-order valence-corrected chi connectivity index (χ2v) is 3.88. The normalized spacial score (nSPS) is 10.5. The van der Waals surface area contributed by atoms with Gasteiger partial charge in [-0.1, -0.05) is 0 Å². The molecule has 0 saturated heterocycles. The van der Waals surface area contributed by atoms with Gasteiger partial charge in [0.2, 0.25) is 0 Å². The van der Waals surface area contributed by atoms with E-state index in [1.54, 1.807) is 22.6 Å². The minimum atomic E-state index is 0.612. The van der Waals surface area contributed by atoms with E-state index >= 15 is 0 Å². The van der Waals surface area contributed by atoms with E-state index < -0.39 is 0 Å². The minimum Gasteiger partial charge on any atom is -0.383 e. The highest BCUT2D eigenvalue weighted by atomic mass is 32.2. The summed E-state index contributed by atoms with van der Waals surface area (Å²) >= 11 is 1.56. The number of nitrogens with two attached hydrogens (primary N) is 1. The van der Waals surface area contributed by atoms with Crippen LogP contribution >= 0.6 is 11.8 Å². The number of nitrogen functional groups attached to an aromatic ring is 1. The van der Waals surface area contributed by atoms with Crippen molar-refractivity contribution in [1.29, 1.82) is 0 Å². The van der Waals surface area contributed by atoms with Crippen molar-refractivity contribution in [2.45, 2.75) is 11.8 Å². The lowest BCUT2D eigenvalue weighted by atomic mass is 10.4. The van der Waals surface area contributed by atoms with E-state index in [1.165, 1.54) is 6.33 Å². The van der Waals surface area contributed by atoms with Gasteiger partial charge in [-0.25, -0.2) is 9.97 Å². The van der Waals surface area contributed by atoms with Crippen LogP contribution < -0.4 is 5.73 Å². The predicted molar refractivity (Wildman–Crippen MR) is 60.1 cm³/mol. The minimum absolute atomic E-state index is 0.612. The fraction of sp³-hybridized carbons (Fsp3) is 0.222. The monoisotopic (exact) mass is 221 g/mol. The molecule has 2 N–H and O–H groups in total. The van der Waals surface area contributed by atoms with E-state index in [-0.39, 0.29) is 0 Å². The number of hydrogen-bond acceptors (Lipinski definition) is 5. The molecule has 5 nitrogen and oxygen atoms in total. The summed E-state index contributed by atoms with van der Waals surface area (Å²) in [4.78, 5) is 9.09. The van der Waals surface area contributed by atoms with Crippen LogP contribution in [0.5, 0.6) is 0 Å². The Hall–Kier alpha value is -1.56. The van der Waals surface area contributed by atoms with Crippen molar-refractivity contribution in [2.24, 2.45) is 0 Å². The summed E-state index contributed by atoms with van der Waals surface area (Å²) in [5.74, 6) is 1.31. The molecule has 2 aromatic heterocycles. The summed E-state index contributed by atoms with van der Waals surface area (Å²) in [7, 11) is 0. The van der Waals surface area contributed by atoms with Crippen LogP contribution in [0.2, 0.25) is 0 Å². The smallest absolute Gasteiger partial charge is 0.159 e. The zero-order valence-electron chi connectivity index (χ0n) is 8.51. The molecule has 0 aliphatic rings. The van der Waals surface area contributed by atoms with E-state index in [4.69, 9.17) is 5.73 Å². The molecule has 0 aliphatic carbocycles. The van der Waals surface area contributed by atoms with E-state index in [1.807, 2.05) is 19.2 Å². The molecule has 0 aliphatic heterocycles. The van der Waals surface area contributed by atoms with E-state index in [0.29, 0.717) is 11.6 Å². The number of aromatic nitrogens is 4. The van der Waals surface area contributed by atoms with Crippen LogP contribution in [0.4, 0.5) is 5.82 Å². The van der Waals surface area contributed by atoms with Gasteiger partial charge in [-0.2, -0.15) is 9.78 Å². The SMILES string of the molecule is CSc1cnn(-c2cc(C)ncn2)c1N. The number of nitrogens with zero attached hydrogens (tertiary/aromatic N) is 4. The summed E-state index contributed by atoms with van der Waals surface area (Å²) in [5.41, 5.74) is 6.80. The predicted octanol–water partition coefficient (Wildman–Crippen LogP) is 1.27. The Balaban J connectivity index is 2.49. The topological polar surface area (TPSA) is 69.6 Å². The molecule has 15 heavy (non-hydrogen) atoms. The molecule has 0 saturated carbocycles. The van der Waals surface area contributed by atoms with Gasteiger partial charge in [0.05, 0.1) is 11.1 Å². The highest BCUT2D eigenvalue weighted by Gasteiger charge is 2.08. The highest BCUT2D eigenvalue weighted by molar-refractivity contribution is 7.98. The molecular formula is C9H11N5S. The summed E-state index contributed by atoms with van der Waals surface area (Å²) in [6.07, 6.45) is 5.20. The molecule has 0 atom stereocenters. The van der Waals surface area contributed by atoms with Gasteiger partial charge in [0.25, 0.3) is 0 Å². The summed E-state index contributed by atoms with van der Waals surface area (Å²) in [6.45, 7) is 1.90. The van der Waals surface area contributed by atoms with Crippen molar-refractivity contribution in [1.82, 2.24) is 19.7 Å². The van der Waals surface area contributed by atoms with E-state index in [0.717, 1.165) is 10.6 Å². The molecule has 2 aromatic rings. The highest BCUT2D eigenvalue weighted by Crippen LogP contribution is 2.23. The first-order chi connectivity index (χ1) is 7.22. The lowest BCUT2D eigenvalue weighted by molar-refractivity contribution is 0.844. The van der Waals surface area contributed by atoms with E-state index in [9.17, 15) is 0 Å². The molecule has 78 valence electrons. The third-order valence-electron chi connectivity index (χ3n) is 2.00. The number of hydrogen-bond donors (Lipinski definition) is 1. The third-order valence-corrected chi connectivity index (χ3v) is 2.75. The van der Waals surface area contributed by atoms with Crippen molar-refractivity contribution in [3.8, 4) is 5.82 Å². The van der Waals surface area contributed by atoms with Crippen LogP contribution in [0.3, 0.4) is 0 Å². The molecule has 0 aromatic carbocycles. The Morgan fingerprint density at radius 3 is 2.80 bits per heavy atom. The average molecular weight is 221 g/mol. The van der Waals surface area contributed by atoms with Crippen molar-refractivity contribution in [3.05, 3.63) is 24.3 Å². The number of rotatable bonds is 2. The summed E-state index contributed by atoms with van der Waals surface area (Å²) in [6, 6.07) is 1.84. The van der Waals surface area contributed by atoms with Crippen LogP contribution in [0.15, 0.2) is 23.5 Å². The standard InChI is InChI=1S/C9H11N5S/c1-6-3-8(12-5-11-6)14-9(10)7(15-2)4-13-14/h3-5H,10H2,1-2H3. The maximum Gasteiger partial charge on any atom is 0.159 e. The lowest BCUT2D eigenvalue weighted by Crippen LogP contribution is -2.04. The first kappa shape index (κ1) is 9.97. The molecular weight excluding hydrogens is 210 g/mol. The Morgan fingerprint density at radius 1 is 1.40 bits per heavy atom. The van der Waals surface area contributed by atoms with Gasteiger partial charge in [-0.3, -0.25) is 0 Å². The van der Waals surface area contributed by atoms with E-state index in [2.05, 4.69) is 15.1 Å². The van der Waals surface area contributed by atoms with Crippen LogP contribution in [-0.4, -0.2) is 26.0 Å². The fourth-order valence-electron chi connectivity index (χ4n) is 1.24. The number of anilines is 1. The van der Waals surface area contributed by atoms with Crippen molar-refractivity contribution >= 4 is 17.6 Å². The average Bonchev–Trinajstić information content (AvgIpc) is 2.59. The van der Waals surface area contributed by atoms with Crippen molar-refractivity contribution in [2.75, 3.05) is 12.0 Å². The molecule has 0 bridgehead atoms. The Labute approximate surface area is 91.7 Å². The number of thioether (sulfide) groups is 1. The van der Waals surface area contributed by atoms with Crippen LogP contribution in [0, 0.1) is 6.92 Å². The van der Waals surface area contributed by atoms with Gasteiger partial charge in [-0.05, 0) is 13.2 Å². The Morgan fingerprint density at radius 2 is 2.20 bits per heavy atom. The molecule has 0 radical (unpaired) electrons. The van der Waals surface area contributed by atoms with Gasteiger partial charge >= 0.3 is 0 Å². The molecule has 0 spiro atoms. The fourth-order valence-corrected chi connectivity index (χ4v) is 1.69. The second kappa shape index (κ2) is 3.90. The third kappa shape index (κ3) is 1.80. The quantitative estimate of drug-likeness (QED) is 0.773. The van der Waals surface area contributed by atoms with Crippen LogP contribution in [0.1, 0.15) is 5.69 Å². The number of aryl methyl sites for hydroxylation is 1. The van der Waals surface area contributed by atoms with Gasteiger partial charge in [0.1, 0.15) is 12.1 Å². The molecule has 0 unspecified atom stereocenters. The first-order valence-electron chi connectivity index (χ1n) is 4.39. The molecule has 2 heterocycles. The summed E-state index contributed by atoms with van der Waals surface area (Å²) < 4.78 is 1.61. The summed E-state index contributed by atoms with van der Waals surface area (Å²) in [5, 5.41) is 4.18. The van der Waals surface area contributed by atoms with Crippen molar-refractivity contribution < 1.29 is 0 Å². The van der Waals surface area contributed by atoms with Crippen LogP contribution in [-0.2, 0) is 0 Å². The zero-order valence-corrected chi connectivity index (χ0v) is 9.32.